The van der Waals surface area contributed by atoms with Crippen molar-refractivity contribution in [3.63, 3.8) is 0 Å². The Kier molecular flexibility index (Phi) is 5.57. The molecule has 1 heterocycles. The van der Waals surface area contributed by atoms with Crippen molar-refractivity contribution >= 4 is 28.0 Å². The molecule has 21 heavy (non-hydrogen) atoms. The Balaban J connectivity index is 2.16. The molecule has 1 N–H and O–H groups in total. The number of nitrogens with one attached hydrogen (secondary N) is 1. The van der Waals surface area contributed by atoms with E-state index in [1.165, 1.54) is 0 Å². The predicted molar refractivity (Wildman–Crippen MR) is 87.3 cm³/mol. The number of rotatable bonds is 6. The van der Waals surface area contributed by atoms with Gasteiger partial charge in [0.2, 0.25) is 0 Å². The highest BCUT2D eigenvalue weighted by molar-refractivity contribution is 9.10. The van der Waals surface area contributed by atoms with Crippen LogP contribution in [0.1, 0.15) is 12.5 Å². The third-order valence-corrected chi connectivity index (χ3v) is 3.18. The van der Waals surface area contributed by atoms with Crippen LogP contribution in [-0.2, 0) is 0 Å². The molecule has 0 spiro atoms. The maximum Gasteiger partial charge on any atom is 0.174 e. The topological polar surface area (TPSA) is 55.7 Å². The number of hydrogen-bond donors (Lipinski definition) is 1. The lowest BCUT2D eigenvalue weighted by molar-refractivity contribution is 0.310. The Bertz CT molecular complexity index is 618. The number of hydrogen-bond acceptors (Lipinski definition) is 5. The smallest absolute Gasteiger partial charge is 0.174 e. The predicted octanol–water partition coefficient (Wildman–Crippen LogP) is 3.70. The van der Waals surface area contributed by atoms with Gasteiger partial charge in [-0.3, -0.25) is 5.43 Å². The molecule has 0 radical (unpaired) electrons. The fourth-order valence-corrected chi connectivity index (χ4v) is 2.35. The van der Waals surface area contributed by atoms with E-state index >= 15 is 0 Å². The quantitative estimate of drug-likeness (QED) is 0.638. The SMILES string of the molecule is CCOc1cc(/C=N\Nc2ccccn2)cc(Br)c1OC. The minimum atomic E-state index is 0.565. The van der Waals surface area contributed by atoms with E-state index in [1.807, 2.05) is 37.3 Å². The van der Waals surface area contributed by atoms with Gasteiger partial charge in [-0.25, -0.2) is 4.98 Å². The van der Waals surface area contributed by atoms with Gasteiger partial charge in [0.15, 0.2) is 11.5 Å². The first-order chi connectivity index (χ1) is 10.2. The Labute approximate surface area is 132 Å². The second-order valence-corrected chi connectivity index (χ2v) is 4.91. The number of methoxy groups -OCH3 is 1. The van der Waals surface area contributed by atoms with Crippen LogP contribution >= 0.6 is 15.9 Å². The Morgan fingerprint density at radius 1 is 1.38 bits per heavy atom. The number of halogens is 1. The van der Waals surface area contributed by atoms with Crippen LogP contribution in [0.15, 0.2) is 46.1 Å². The van der Waals surface area contributed by atoms with Crippen molar-refractivity contribution in [3.05, 3.63) is 46.6 Å². The molecule has 2 rings (SSSR count). The van der Waals surface area contributed by atoms with Crippen molar-refractivity contribution in [3.8, 4) is 11.5 Å². The highest BCUT2D eigenvalue weighted by atomic mass is 79.9. The number of benzene rings is 1. The second kappa shape index (κ2) is 7.64. The fourth-order valence-electron chi connectivity index (χ4n) is 1.73. The molecule has 6 heteroatoms. The summed E-state index contributed by atoms with van der Waals surface area (Å²) < 4.78 is 11.7. The molecule has 0 bridgehead atoms. The molecule has 0 amide bonds. The van der Waals surface area contributed by atoms with E-state index in [0.717, 1.165) is 10.0 Å². The van der Waals surface area contributed by atoms with Crippen molar-refractivity contribution in [2.24, 2.45) is 5.10 Å². The molecule has 1 aromatic carbocycles. The fraction of sp³-hybridized carbons (Fsp3) is 0.200. The van der Waals surface area contributed by atoms with Crippen LogP contribution in [0.3, 0.4) is 0 Å². The molecule has 110 valence electrons. The van der Waals surface area contributed by atoms with Gasteiger partial charge < -0.3 is 9.47 Å². The van der Waals surface area contributed by atoms with E-state index in [4.69, 9.17) is 9.47 Å². The summed E-state index contributed by atoms with van der Waals surface area (Å²) in [4.78, 5) is 4.12. The summed E-state index contributed by atoms with van der Waals surface area (Å²) in [5.41, 5.74) is 3.75. The first kappa shape index (κ1) is 15.3. The van der Waals surface area contributed by atoms with E-state index in [0.29, 0.717) is 23.9 Å². The van der Waals surface area contributed by atoms with Gasteiger partial charge >= 0.3 is 0 Å². The van der Waals surface area contributed by atoms with Crippen LogP contribution in [0.2, 0.25) is 0 Å². The molecule has 1 aromatic heterocycles. The molecule has 2 aromatic rings. The van der Waals surface area contributed by atoms with Gasteiger partial charge in [0.25, 0.3) is 0 Å². The molecule has 0 atom stereocenters. The van der Waals surface area contributed by atoms with Crippen LogP contribution < -0.4 is 14.9 Å². The van der Waals surface area contributed by atoms with E-state index in [-0.39, 0.29) is 0 Å². The molecule has 0 aliphatic rings. The first-order valence-corrected chi connectivity index (χ1v) is 7.24. The van der Waals surface area contributed by atoms with Gasteiger partial charge in [-0.2, -0.15) is 5.10 Å². The highest BCUT2D eigenvalue weighted by Crippen LogP contribution is 2.36. The summed E-state index contributed by atoms with van der Waals surface area (Å²) in [6.07, 6.45) is 3.40. The van der Waals surface area contributed by atoms with E-state index in [9.17, 15) is 0 Å². The summed E-state index contributed by atoms with van der Waals surface area (Å²) >= 11 is 3.47. The molecule has 0 aliphatic heterocycles. The largest absolute Gasteiger partial charge is 0.492 e. The van der Waals surface area contributed by atoms with E-state index in [1.54, 1.807) is 19.5 Å². The van der Waals surface area contributed by atoms with Crippen LogP contribution in [0.5, 0.6) is 11.5 Å². The highest BCUT2D eigenvalue weighted by Gasteiger charge is 2.10. The standard InChI is InChI=1S/C15H16BrN3O2/c1-3-21-13-9-11(8-12(16)15(13)20-2)10-18-19-14-6-4-5-7-17-14/h4-10H,3H2,1-2H3,(H,17,19)/b18-10-. The molecule has 5 nitrogen and oxygen atoms in total. The van der Waals surface area contributed by atoms with Crippen molar-refractivity contribution < 1.29 is 9.47 Å². The minimum Gasteiger partial charge on any atom is -0.492 e. The summed E-state index contributed by atoms with van der Waals surface area (Å²) in [6.45, 7) is 2.49. The Morgan fingerprint density at radius 3 is 2.90 bits per heavy atom. The number of ether oxygens (including phenoxy) is 2. The van der Waals surface area contributed by atoms with E-state index in [2.05, 4.69) is 31.4 Å². The number of anilines is 1. The third kappa shape index (κ3) is 4.19. The lowest BCUT2D eigenvalue weighted by Crippen LogP contribution is -1.98. The monoisotopic (exact) mass is 349 g/mol. The van der Waals surface area contributed by atoms with Crippen molar-refractivity contribution in [2.45, 2.75) is 6.92 Å². The number of pyridine rings is 1. The number of nitrogens with zero attached hydrogens (tertiary/aromatic N) is 2. The van der Waals surface area contributed by atoms with Crippen LogP contribution in [-0.4, -0.2) is 24.9 Å². The summed E-state index contributed by atoms with van der Waals surface area (Å²) in [7, 11) is 1.61. The van der Waals surface area contributed by atoms with Gasteiger partial charge in [-0.1, -0.05) is 6.07 Å². The van der Waals surface area contributed by atoms with Gasteiger partial charge in [0.05, 0.1) is 24.4 Å². The summed E-state index contributed by atoms with van der Waals surface area (Å²) in [5, 5.41) is 4.15. The zero-order chi connectivity index (χ0) is 15.1. The Morgan fingerprint density at radius 2 is 2.24 bits per heavy atom. The van der Waals surface area contributed by atoms with Crippen molar-refractivity contribution in [1.29, 1.82) is 0 Å². The molecular formula is C15H16BrN3O2. The number of hydrazone groups is 1. The maximum atomic E-state index is 5.56. The molecule has 0 fully saturated rings. The summed E-state index contributed by atoms with van der Waals surface area (Å²) in [6, 6.07) is 9.36. The summed E-state index contributed by atoms with van der Waals surface area (Å²) in [5.74, 6) is 2.03. The van der Waals surface area contributed by atoms with Gasteiger partial charge in [0, 0.05) is 6.20 Å². The lowest BCUT2D eigenvalue weighted by Gasteiger charge is -2.11. The minimum absolute atomic E-state index is 0.565. The molecule has 0 aliphatic carbocycles. The zero-order valence-corrected chi connectivity index (χ0v) is 13.4. The Hall–Kier alpha value is -2.08. The molecule has 0 unspecified atom stereocenters. The number of aromatic nitrogens is 1. The first-order valence-electron chi connectivity index (χ1n) is 6.45. The van der Waals surface area contributed by atoms with Crippen LogP contribution in [0.4, 0.5) is 5.82 Å². The molecular weight excluding hydrogens is 334 g/mol. The average Bonchev–Trinajstić information content (AvgIpc) is 2.48. The average molecular weight is 350 g/mol. The van der Waals surface area contributed by atoms with Crippen LogP contribution in [0, 0.1) is 0 Å². The molecule has 0 saturated heterocycles. The third-order valence-electron chi connectivity index (χ3n) is 2.59. The van der Waals surface area contributed by atoms with Gasteiger partial charge in [-0.05, 0) is 52.7 Å². The normalized spacial score (nSPS) is 10.6. The van der Waals surface area contributed by atoms with Gasteiger partial charge in [0.1, 0.15) is 5.82 Å². The van der Waals surface area contributed by atoms with Gasteiger partial charge in [-0.15, -0.1) is 0 Å². The lowest BCUT2D eigenvalue weighted by atomic mass is 10.2. The van der Waals surface area contributed by atoms with E-state index < -0.39 is 0 Å². The maximum absolute atomic E-state index is 5.56. The van der Waals surface area contributed by atoms with Crippen LogP contribution in [0.25, 0.3) is 0 Å². The van der Waals surface area contributed by atoms with Crippen molar-refractivity contribution in [2.75, 3.05) is 19.1 Å². The second-order valence-electron chi connectivity index (χ2n) is 4.05. The zero-order valence-electron chi connectivity index (χ0n) is 11.8. The van der Waals surface area contributed by atoms with Crippen molar-refractivity contribution in [1.82, 2.24) is 4.98 Å². The molecule has 0 saturated carbocycles.